The zero-order chi connectivity index (χ0) is 13.5. The van der Waals surface area contributed by atoms with Gasteiger partial charge in [0.1, 0.15) is 0 Å². The molecule has 1 aromatic rings. The van der Waals surface area contributed by atoms with E-state index in [1.54, 1.807) is 4.68 Å². The lowest BCUT2D eigenvalue weighted by Gasteiger charge is -2.17. The van der Waals surface area contributed by atoms with Gasteiger partial charge < -0.3 is 10.2 Å². The highest BCUT2D eigenvalue weighted by molar-refractivity contribution is 14.1. The molecule has 102 valence electrons. The van der Waals surface area contributed by atoms with Gasteiger partial charge in [-0.15, -0.1) is 0 Å². The van der Waals surface area contributed by atoms with Gasteiger partial charge in [0.25, 0.3) is 5.91 Å². The predicted molar refractivity (Wildman–Crippen MR) is 80.7 cm³/mol. The maximum absolute atomic E-state index is 11.9. The number of halogens is 1. The lowest BCUT2D eigenvalue weighted by atomic mass is 10.3. The van der Waals surface area contributed by atoms with Crippen molar-refractivity contribution in [3.05, 3.63) is 15.5 Å². The molecular weight excluding hydrogens is 343 g/mol. The summed E-state index contributed by atoms with van der Waals surface area (Å²) < 4.78 is 2.54. The van der Waals surface area contributed by atoms with Crippen LogP contribution in [0.1, 0.15) is 30.8 Å². The molecule has 1 heterocycles. The van der Waals surface area contributed by atoms with Gasteiger partial charge in [-0.1, -0.05) is 13.8 Å². The van der Waals surface area contributed by atoms with Crippen LogP contribution >= 0.6 is 22.6 Å². The Kier molecular flexibility index (Phi) is 6.62. The van der Waals surface area contributed by atoms with Crippen molar-refractivity contribution in [1.29, 1.82) is 0 Å². The molecule has 1 rings (SSSR count). The fraction of sp³-hybridized carbons (Fsp3) is 0.667. The highest BCUT2D eigenvalue weighted by Gasteiger charge is 2.13. The second kappa shape index (κ2) is 7.73. The normalized spacial score (nSPS) is 10.9. The summed E-state index contributed by atoms with van der Waals surface area (Å²) in [5.74, 6) is -0.0838. The average Bonchev–Trinajstić information content (AvgIpc) is 2.68. The van der Waals surface area contributed by atoms with Gasteiger partial charge in [0.15, 0.2) is 5.69 Å². The van der Waals surface area contributed by atoms with E-state index in [9.17, 15) is 4.79 Å². The first-order valence-electron chi connectivity index (χ1n) is 6.28. The van der Waals surface area contributed by atoms with E-state index < -0.39 is 0 Å². The second-order valence-electron chi connectivity index (χ2n) is 4.14. The quantitative estimate of drug-likeness (QED) is 0.589. The molecule has 1 aromatic heterocycles. The van der Waals surface area contributed by atoms with Gasteiger partial charge in [-0.2, -0.15) is 5.10 Å². The fourth-order valence-corrected chi connectivity index (χ4v) is 2.50. The van der Waals surface area contributed by atoms with Crippen LogP contribution in [0.15, 0.2) is 6.20 Å². The number of nitrogens with zero attached hydrogens (tertiary/aromatic N) is 3. The number of hydrogen-bond donors (Lipinski definition) is 1. The van der Waals surface area contributed by atoms with Crippen molar-refractivity contribution in [2.45, 2.75) is 20.3 Å². The Morgan fingerprint density at radius 2 is 2.17 bits per heavy atom. The Balaban J connectivity index is 2.32. The van der Waals surface area contributed by atoms with Crippen molar-refractivity contribution < 1.29 is 4.79 Å². The molecule has 0 aliphatic carbocycles. The van der Waals surface area contributed by atoms with E-state index in [4.69, 9.17) is 0 Å². The molecule has 0 aliphatic rings. The average molecular weight is 364 g/mol. The van der Waals surface area contributed by atoms with E-state index in [2.05, 4.69) is 51.8 Å². The van der Waals surface area contributed by atoms with E-state index in [1.165, 1.54) is 0 Å². The van der Waals surface area contributed by atoms with Crippen LogP contribution in [0.25, 0.3) is 0 Å². The zero-order valence-corrected chi connectivity index (χ0v) is 13.4. The minimum absolute atomic E-state index is 0.0838. The summed E-state index contributed by atoms with van der Waals surface area (Å²) in [5, 5.41) is 7.05. The molecule has 0 saturated heterocycles. The van der Waals surface area contributed by atoms with Crippen molar-refractivity contribution >= 4 is 28.5 Å². The number of aromatic nitrogens is 2. The molecule has 0 radical (unpaired) electrons. The molecule has 6 heteroatoms. The first-order chi connectivity index (χ1) is 8.58. The molecule has 0 fully saturated rings. The number of amides is 1. The summed E-state index contributed by atoms with van der Waals surface area (Å²) in [6, 6.07) is 0. The minimum atomic E-state index is -0.0838. The molecule has 0 bridgehead atoms. The van der Waals surface area contributed by atoms with Crippen LogP contribution in [-0.4, -0.2) is 46.8 Å². The van der Waals surface area contributed by atoms with Crippen molar-refractivity contribution in [3.8, 4) is 0 Å². The molecule has 0 saturated carbocycles. The molecule has 0 unspecified atom stereocenters. The van der Waals surface area contributed by atoms with Crippen molar-refractivity contribution in [1.82, 2.24) is 20.0 Å². The monoisotopic (exact) mass is 364 g/mol. The van der Waals surface area contributed by atoms with E-state index in [0.29, 0.717) is 12.2 Å². The Bertz CT molecular complexity index is 387. The van der Waals surface area contributed by atoms with Crippen molar-refractivity contribution in [3.63, 3.8) is 0 Å². The highest BCUT2D eigenvalue weighted by Crippen LogP contribution is 2.08. The summed E-state index contributed by atoms with van der Waals surface area (Å²) in [5.41, 5.74) is 0.515. The van der Waals surface area contributed by atoms with Crippen molar-refractivity contribution in [2.75, 3.05) is 26.2 Å². The Labute approximate surface area is 122 Å². The second-order valence-corrected chi connectivity index (χ2v) is 5.30. The molecule has 18 heavy (non-hydrogen) atoms. The molecule has 5 nitrogen and oxygen atoms in total. The first-order valence-corrected chi connectivity index (χ1v) is 7.36. The van der Waals surface area contributed by atoms with Crippen LogP contribution in [0.2, 0.25) is 0 Å². The Hall–Kier alpha value is -0.630. The van der Waals surface area contributed by atoms with E-state index >= 15 is 0 Å². The number of nitrogens with one attached hydrogen (secondary N) is 1. The minimum Gasteiger partial charge on any atom is -0.351 e. The lowest BCUT2D eigenvalue weighted by molar-refractivity contribution is 0.0945. The maximum Gasteiger partial charge on any atom is 0.272 e. The van der Waals surface area contributed by atoms with E-state index in [1.807, 2.05) is 13.2 Å². The van der Waals surface area contributed by atoms with Gasteiger partial charge in [-0.25, -0.2) is 0 Å². The van der Waals surface area contributed by atoms with Gasteiger partial charge in [0.2, 0.25) is 0 Å². The Morgan fingerprint density at radius 1 is 1.50 bits per heavy atom. The van der Waals surface area contributed by atoms with Crippen LogP contribution in [0, 0.1) is 3.57 Å². The van der Waals surface area contributed by atoms with Crippen LogP contribution in [0.5, 0.6) is 0 Å². The fourth-order valence-electron chi connectivity index (χ4n) is 1.74. The predicted octanol–water partition coefficient (Wildman–Crippen LogP) is 1.49. The SMILES string of the molecule is CCN(CC)CCCNC(=O)c1nn(C)cc1I. The largest absolute Gasteiger partial charge is 0.351 e. The van der Waals surface area contributed by atoms with Gasteiger partial charge >= 0.3 is 0 Å². The van der Waals surface area contributed by atoms with Crippen molar-refractivity contribution in [2.24, 2.45) is 7.05 Å². The third-order valence-electron chi connectivity index (χ3n) is 2.83. The maximum atomic E-state index is 11.9. The summed E-state index contributed by atoms with van der Waals surface area (Å²) >= 11 is 2.13. The van der Waals surface area contributed by atoms with Crippen LogP contribution < -0.4 is 5.32 Å². The number of hydrogen-bond acceptors (Lipinski definition) is 3. The third kappa shape index (κ3) is 4.56. The molecule has 0 aliphatic heterocycles. The van der Waals surface area contributed by atoms with Gasteiger partial charge in [-0.3, -0.25) is 9.48 Å². The number of carbonyl (C=O) groups is 1. The van der Waals surface area contributed by atoms with Crippen LogP contribution in [-0.2, 0) is 7.05 Å². The summed E-state index contributed by atoms with van der Waals surface area (Å²) in [6.45, 7) is 8.14. The topological polar surface area (TPSA) is 50.2 Å². The number of rotatable bonds is 7. The van der Waals surface area contributed by atoms with E-state index in [0.717, 1.165) is 29.6 Å². The third-order valence-corrected chi connectivity index (χ3v) is 3.62. The smallest absolute Gasteiger partial charge is 0.272 e. The molecular formula is C12H21IN4O. The lowest BCUT2D eigenvalue weighted by Crippen LogP contribution is -2.30. The number of carbonyl (C=O) groups excluding carboxylic acids is 1. The van der Waals surface area contributed by atoms with Gasteiger partial charge in [0.05, 0.1) is 3.57 Å². The summed E-state index contributed by atoms with van der Waals surface area (Å²) in [7, 11) is 1.82. The van der Waals surface area contributed by atoms with Crippen LogP contribution in [0.3, 0.4) is 0 Å². The summed E-state index contributed by atoms with van der Waals surface area (Å²) in [4.78, 5) is 14.2. The van der Waals surface area contributed by atoms with Gasteiger partial charge in [0, 0.05) is 19.8 Å². The molecule has 0 aromatic carbocycles. The standard InChI is InChI=1S/C12H21IN4O/c1-4-17(5-2)8-6-7-14-12(18)11-10(13)9-16(3)15-11/h9H,4-8H2,1-3H3,(H,14,18). The molecule has 1 amide bonds. The first kappa shape index (κ1) is 15.4. The zero-order valence-electron chi connectivity index (χ0n) is 11.2. The summed E-state index contributed by atoms with van der Waals surface area (Å²) in [6.07, 6.45) is 2.81. The van der Waals surface area contributed by atoms with Crippen LogP contribution in [0.4, 0.5) is 0 Å². The van der Waals surface area contributed by atoms with E-state index in [-0.39, 0.29) is 5.91 Å². The van der Waals surface area contributed by atoms with Gasteiger partial charge in [-0.05, 0) is 48.6 Å². The molecule has 0 spiro atoms. The number of aryl methyl sites for hydroxylation is 1. The molecule has 1 N–H and O–H groups in total. The Morgan fingerprint density at radius 3 is 2.67 bits per heavy atom. The molecule has 0 atom stereocenters. The highest BCUT2D eigenvalue weighted by atomic mass is 127.